The smallest absolute Gasteiger partial charge is 0.240 e. The minimum Gasteiger partial charge on any atom is -0.270 e. The SMILES string of the molecule is CC(C)(C)c1ccc(S(=O)(=O)NCCS(=O)(=O)N2CCc3ccccc32)cc1. The summed E-state index contributed by atoms with van der Waals surface area (Å²) in [5.74, 6) is -0.291. The summed E-state index contributed by atoms with van der Waals surface area (Å²) in [4.78, 5) is 0.129. The van der Waals surface area contributed by atoms with Gasteiger partial charge in [-0.05, 0) is 41.2 Å². The highest BCUT2D eigenvalue weighted by Crippen LogP contribution is 2.30. The topological polar surface area (TPSA) is 83.5 Å². The standard InChI is InChI=1S/C20H26N2O4S2/c1-20(2,3)17-8-10-18(11-9-17)28(25,26)21-13-15-27(23,24)22-14-12-16-6-4-5-7-19(16)22/h4-11,21H,12-15H2,1-3H3. The van der Waals surface area contributed by atoms with Gasteiger partial charge in [0.2, 0.25) is 20.0 Å². The van der Waals surface area contributed by atoms with Crippen LogP contribution in [0.1, 0.15) is 31.9 Å². The van der Waals surface area contributed by atoms with Crippen molar-refractivity contribution in [1.82, 2.24) is 4.72 Å². The number of anilines is 1. The van der Waals surface area contributed by atoms with Gasteiger partial charge in [-0.15, -0.1) is 0 Å². The van der Waals surface area contributed by atoms with Crippen LogP contribution in [0.15, 0.2) is 53.4 Å². The molecule has 0 amide bonds. The van der Waals surface area contributed by atoms with Gasteiger partial charge in [0, 0.05) is 13.1 Å². The summed E-state index contributed by atoms with van der Waals surface area (Å²) in [6.45, 7) is 6.37. The number of rotatable bonds is 6. The number of hydrogen-bond acceptors (Lipinski definition) is 4. The fourth-order valence-corrected chi connectivity index (χ4v) is 5.82. The van der Waals surface area contributed by atoms with Crippen molar-refractivity contribution in [2.75, 3.05) is 23.1 Å². The van der Waals surface area contributed by atoms with E-state index in [1.807, 2.05) is 12.1 Å². The lowest BCUT2D eigenvalue weighted by atomic mass is 9.87. The molecule has 3 rings (SSSR count). The Balaban J connectivity index is 1.65. The van der Waals surface area contributed by atoms with Crippen molar-refractivity contribution in [2.24, 2.45) is 0 Å². The molecule has 0 spiro atoms. The summed E-state index contributed by atoms with van der Waals surface area (Å²) in [6.07, 6.45) is 0.668. The highest BCUT2D eigenvalue weighted by atomic mass is 32.2. The largest absolute Gasteiger partial charge is 0.270 e. The first kappa shape index (κ1) is 20.8. The van der Waals surface area contributed by atoms with Crippen LogP contribution in [-0.2, 0) is 31.9 Å². The maximum atomic E-state index is 12.7. The second-order valence-electron chi connectivity index (χ2n) is 7.94. The first-order valence-corrected chi connectivity index (χ1v) is 12.3. The molecule has 0 saturated heterocycles. The summed E-state index contributed by atoms with van der Waals surface area (Å²) >= 11 is 0. The van der Waals surface area contributed by atoms with E-state index in [0.29, 0.717) is 18.7 Å². The summed E-state index contributed by atoms with van der Waals surface area (Å²) < 4.78 is 54.1. The molecule has 0 aliphatic carbocycles. The van der Waals surface area contributed by atoms with Gasteiger partial charge < -0.3 is 0 Å². The number of nitrogens with one attached hydrogen (secondary N) is 1. The van der Waals surface area contributed by atoms with E-state index in [9.17, 15) is 16.8 Å². The van der Waals surface area contributed by atoms with Crippen molar-refractivity contribution >= 4 is 25.7 Å². The summed E-state index contributed by atoms with van der Waals surface area (Å²) in [6, 6.07) is 14.0. The van der Waals surface area contributed by atoms with Gasteiger partial charge in [-0.3, -0.25) is 4.31 Å². The molecule has 2 aromatic rings. The van der Waals surface area contributed by atoms with E-state index >= 15 is 0 Å². The number of fused-ring (bicyclic) bond motifs is 1. The van der Waals surface area contributed by atoms with Crippen molar-refractivity contribution < 1.29 is 16.8 Å². The van der Waals surface area contributed by atoms with E-state index < -0.39 is 20.0 Å². The first-order chi connectivity index (χ1) is 13.0. The van der Waals surface area contributed by atoms with Gasteiger partial charge in [0.15, 0.2) is 0 Å². The Morgan fingerprint density at radius 2 is 1.61 bits per heavy atom. The van der Waals surface area contributed by atoms with Gasteiger partial charge in [-0.2, -0.15) is 0 Å². The number of hydrogen-bond donors (Lipinski definition) is 1. The first-order valence-electron chi connectivity index (χ1n) is 9.19. The molecule has 8 heteroatoms. The Morgan fingerprint density at radius 1 is 0.964 bits per heavy atom. The van der Waals surface area contributed by atoms with E-state index in [0.717, 1.165) is 11.1 Å². The van der Waals surface area contributed by atoms with E-state index in [1.54, 1.807) is 36.4 Å². The second-order valence-corrected chi connectivity index (χ2v) is 11.7. The Morgan fingerprint density at radius 3 is 2.25 bits per heavy atom. The molecule has 0 bridgehead atoms. The van der Waals surface area contributed by atoms with Gasteiger partial charge in [0.1, 0.15) is 0 Å². The predicted molar refractivity (Wildman–Crippen MR) is 112 cm³/mol. The lowest BCUT2D eigenvalue weighted by Crippen LogP contribution is -2.37. The van der Waals surface area contributed by atoms with Crippen LogP contribution in [0.4, 0.5) is 5.69 Å². The van der Waals surface area contributed by atoms with Gasteiger partial charge >= 0.3 is 0 Å². The highest BCUT2D eigenvalue weighted by molar-refractivity contribution is 7.93. The average Bonchev–Trinajstić information content (AvgIpc) is 3.06. The summed E-state index contributed by atoms with van der Waals surface area (Å²) in [5, 5.41) is 0. The zero-order chi connectivity index (χ0) is 20.6. The van der Waals surface area contributed by atoms with Crippen molar-refractivity contribution in [3.8, 4) is 0 Å². The molecule has 6 nitrogen and oxygen atoms in total. The lowest BCUT2D eigenvalue weighted by molar-refractivity contribution is 0.577. The molecule has 0 aromatic heterocycles. The van der Waals surface area contributed by atoms with Gasteiger partial charge in [-0.25, -0.2) is 21.6 Å². The van der Waals surface area contributed by atoms with Crippen LogP contribution in [0.5, 0.6) is 0 Å². The Hall–Kier alpha value is -1.90. The van der Waals surface area contributed by atoms with Crippen molar-refractivity contribution in [1.29, 1.82) is 0 Å². The fourth-order valence-electron chi connectivity index (χ4n) is 3.23. The molecule has 28 heavy (non-hydrogen) atoms. The third kappa shape index (κ3) is 4.39. The average molecular weight is 423 g/mol. The van der Waals surface area contributed by atoms with Crippen LogP contribution in [0, 0.1) is 0 Å². The van der Waals surface area contributed by atoms with E-state index in [-0.39, 0.29) is 22.6 Å². The van der Waals surface area contributed by atoms with Crippen molar-refractivity contribution in [3.05, 3.63) is 59.7 Å². The zero-order valence-electron chi connectivity index (χ0n) is 16.3. The number of nitrogens with zero attached hydrogens (tertiary/aromatic N) is 1. The maximum absolute atomic E-state index is 12.7. The molecule has 0 unspecified atom stereocenters. The third-order valence-corrected chi connectivity index (χ3v) is 8.11. The minimum absolute atomic E-state index is 0.0736. The highest BCUT2D eigenvalue weighted by Gasteiger charge is 2.29. The molecule has 0 radical (unpaired) electrons. The van der Waals surface area contributed by atoms with Gasteiger partial charge in [0.05, 0.1) is 16.3 Å². The Kier molecular flexibility index (Phi) is 5.58. The zero-order valence-corrected chi connectivity index (χ0v) is 18.0. The molecular weight excluding hydrogens is 396 g/mol. The van der Waals surface area contributed by atoms with Crippen LogP contribution in [0.2, 0.25) is 0 Å². The van der Waals surface area contributed by atoms with E-state index in [2.05, 4.69) is 25.5 Å². The van der Waals surface area contributed by atoms with Gasteiger partial charge in [-0.1, -0.05) is 51.1 Å². The Bertz CT molecular complexity index is 1050. The van der Waals surface area contributed by atoms with E-state index in [1.165, 1.54) is 4.31 Å². The molecule has 2 aromatic carbocycles. The molecule has 1 heterocycles. The molecule has 152 valence electrons. The Labute approximate surface area is 167 Å². The molecule has 1 N–H and O–H groups in total. The fraction of sp³-hybridized carbons (Fsp3) is 0.400. The number of para-hydroxylation sites is 1. The second kappa shape index (κ2) is 7.50. The van der Waals surface area contributed by atoms with Crippen molar-refractivity contribution in [2.45, 2.75) is 37.5 Å². The molecule has 1 aliphatic heterocycles. The van der Waals surface area contributed by atoms with Crippen LogP contribution in [-0.4, -0.2) is 35.7 Å². The van der Waals surface area contributed by atoms with Gasteiger partial charge in [0.25, 0.3) is 0 Å². The number of sulfonamides is 2. The minimum atomic E-state index is -3.76. The van der Waals surface area contributed by atoms with Crippen molar-refractivity contribution in [3.63, 3.8) is 0 Å². The van der Waals surface area contributed by atoms with Crippen LogP contribution in [0.3, 0.4) is 0 Å². The number of benzene rings is 2. The van der Waals surface area contributed by atoms with E-state index in [4.69, 9.17) is 0 Å². The van der Waals surface area contributed by atoms with Crippen LogP contribution < -0.4 is 9.03 Å². The third-order valence-electron chi connectivity index (χ3n) is 4.86. The maximum Gasteiger partial charge on any atom is 0.240 e. The summed E-state index contributed by atoms with van der Waals surface area (Å²) in [7, 11) is -7.36. The monoisotopic (exact) mass is 422 g/mol. The molecule has 1 aliphatic rings. The lowest BCUT2D eigenvalue weighted by Gasteiger charge is -2.20. The summed E-state index contributed by atoms with van der Waals surface area (Å²) in [5.41, 5.74) is 2.63. The van der Waals surface area contributed by atoms with Crippen LogP contribution >= 0.6 is 0 Å². The predicted octanol–water partition coefficient (Wildman–Crippen LogP) is 2.65. The molecule has 0 atom stereocenters. The molecule has 0 fully saturated rings. The quantitative estimate of drug-likeness (QED) is 0.776. The normalized spacial score (nSPS) is 14.9. The molecular formula is C20H26N2O4S2. The molecule has 0 saturated carbocycles. The van der Waals surface area contributed by atoms with Crippen LogP contribution in [0.25, 0.3) is 0 Å².